The van der Waals surface area contributed by atoms with Crippen LogP contribution in [0.3, 0.4) is 0 Å². The summed E-state index contributed by atoms with van der Waals surface area (Å²) in [4.78, 5) is 9.33. The van der Waals surface area contributed by atoms with Crippen LogP contribution in [-0.4, -0.2) is 27.6 Å². The summed E-state index contributed by atoms with van der Waals surface area (Å²) in [6.07, 6.45) is 13.9. The molecule has 1 aliphatic heterocycles. The lowest BCUT2D eigenvalue weighted by molar-refractivity contribution is 0.260. The lowest BCUT2D eigenvalue weighted by atomic mass is 9.96. The molecule has 4 aromatic rings. The van der Waals surface area contributed by atoms with Crippen molar-refractivity contribution in [3.05, 3.63) is 82.9 Å². The molecule has 0 spiro atoms. The van der Waals surface area contributed by atoms with Gasteiger partial charge < -0.3 is 16.1 Å². The van der Waals surface area contributed by atoms with E-state index < -0.39 is 0 Å². The van der Waals surface area contributed by atoms with Gasteiger partial charge in [0, 0.05) is 53.2 Å². The number of benzene rings is 2. The van der Waals surface area contributed by atoms with Crippen molar-refractivity contribution in [2.24, 2.45) is 5.41 Å². The SMILES string of the molecule is C#Cc1cnc2c(Cl)cc(N[C@H](C3=CN(C4CC4)NN3)c3cccc4cccnc34)cc2c1NCC(C)(C)C. The van der Waals surface area contributed by atoms with E-state index in [-0.39, 0.29) is 11.5 Å². The predicted octanol–water partition coefficient (Wildman–Crippen LogP) is 6.36. The number of halogens is 1. The molecule has 4 N–H and O–H groups in total. The van der Waals surface area contributed by atoms with Crippen LogP contribution in [0.1, 0.15) is 50.8 Å². The first-order valence-electron chi connectivity index (χ1n) is 13.3. The van der Waals surface area contributed by atoms with Crippen LogP contribution in [-0.2, 0) is 0 Å². The van der Waals surface area contributed by atoms with E-state index in [2.05, 4.69) is 94.8 Å². The predicted molar refractivity (Wildman–Crippen MR) is 160 cm³/mol. The number of fused-ring (bicyclic) bond motifs is 2. The molecule has 1 aliphatic carbocycles. The average molecular weight is 538 g/mol. The maximum absolute atomic E-state index is 6.83. The molecule has 0 bridgehead atoms. The van der Waals surface area contributed by atoms with Crippen LogP contribution >= 0.6 is 11.6 Å². The Kier molecular flexibility index (Phi) is 6.46. The number of hydrogen-bond acceptors (Lipinski definition) is 7. The van der Waals surface area contributed by atoms with Gasteiger partial charge in [0.15, 0.2) is 0 Å². The molecular weight excluding hydrogens is 506 g/mol. The molecular formula is C31H32ClN7. The standard InChI is InChI=1S/C31H32ClN7/c1-5-19-16-34-29-24(27(19)35-18-31(2,3)4)14-21(15-25(29)32)36-30(26-17-39(38-37-26)22-11-12-22)23-10-6-8-20-9-7-13-33-28(20)23/h1,6-10,13-17,22,30,36-38H,11-12,18H2,2-4H3,(H,34,35)/t30-/m0/s1. The molecule has 1 fully saturated rings. The minimum Gasteiger partial charge on any atom is -0.383 e. The molecule has 198 valence electrons. The normalized spacial score (nSPS) is 16.1. The molecule has 1 saturated carbocycles. The van der Waals surface area contributed by atoms with Crippen molar-refractivity contribution in [2.75, 3.05) is 17.2 Å². The van der Waals surface area contributed by atoms with E-state index in [1.54, 1.807) is 6.20 Å². The highest BCUT2D eigenvalue weighted by atomic mass is 35.5. The minimum absolute atomic E-state index is 0.0641. The van der Waals surface area contributed by atoms with Gasteiger partial charge in [-0.05, 0) is 36.5 Å². The zero-order chi connectivity index (χ0) is 27.1. The number of para-hydroxylation sites is 1. The van der Waals surface area contributed by atoms with Crippen LogP contribution in [0, 0.1) is 17.8 Å². The Bertz CT molecular complexity index is 1620. The van der Waals surface area contributed by atoms with Gasteiger partial charge in [-0.3, -0.25) is 15.0 Å². The summed E-state index contributed by atoms with van der Waals surface area (Å²) in [6, 6.07) is 14.6. The second-order valence-electron chi connectivity index (χ2n) is 11.4. The van der Waals surface area contributed by atoms with Crippen molar-refractivity contribution >= 4 is 44.8 Å². The number of hydrogen-bond donors (Lipinski definition) is 4. The first-order chi connectivity index (χ1) is 18.8. The highest BCUT2D eigenvalue weighted by Crippen LogP contribution is 2.38. The van der Waals surface area contributed by atoms with E-state index in [1.807, 2.05) is 18.3 Å². The lowest BCUT2D eigenvalue weighted by Crippen LogP contribution is -2.38. The van der Waals surface area contributed by atoms with Crippen molar-refractivity contribution < 1.29 is 0 Å². The lowest BCUT2D eigenvalue weighted by Gasteiger charge is -2.24. The fourth-order valence-electron chi connectivity index (χ4n) is 4.89. The van der Waals surface area contributed by atoms with E-state index in [4.69, 9.17) is 23.0 Å². The summed E-state index contributed by atoms with van der Waals surface area (Å²) in [7, 11) is 0. The molecule has 8 heteroatoms. The zero-order valence-electron chi connectivity index (χ0n) is 22.3. The molecule has 2 aromatic carbocycles. The summed E-state index contributed by atoms with van der Waals surface area (Å²) < 4.78 is 0. The number of terminal acetylenes is 1. The maximum Gasteiger partial charge on any atom is 0.0965 e. The molecule has 0 saturated heterocycles. The smallest absolute Gasteiger partial charge is 0.0965 e. The highest BCUT2D eigenvalue weighted by Gasteiger charge is 2.33. The number of aromatic nitrogens is 2. The summed E-state index contributed by atoms with van der Waals surface area (Å²) in [6.45, 7) is 7.30. The number of anilines is 2. The van der Waals surface area contributed by atoms with Gasteiger partial charge in [0.2, 0.25) is 0 Å². The van der Waals surface area contributed by atoms with Crippen LogP contribution in [0.4, 0.5) is 11.4 Å². The van der Waals surface area contributed by atoms with E-state index in [9.17, 15) is 0 Å². The topological polar surface area (TPSA) is 77.1 Å². The third-order valence-electron chi connectivity index (χ3n) is 7.02. The summed E-state index contributed by atoms with van der Waals surface area (Å²) in [5.41, 5.74) is 12.9. The second kappa shape index (κ2) is 9.96. The van der Waals surface area contributed by atoms with Gasteiger partial charge in [-0.15, -0.1) is 12.0 Å². The van der Waals surface area contributed by atoms with E-state index in [0.29, 0.717) is 22.1 Å². The van der Waals surface area contributed by atoms with Crippen LogP contribution in [0.25, 0.3) is 21.8 Å². The van der Waals surface area contributed by atoms with Crippen LogP contribution in [0.15, 0.2) is 66.8 Å². The van der Waals surface area contributed by atoms with E-state index in [0.717, 1.165) is 45.5 Å². The fourth-order valence-corrected chi connectivity index (χ4v) is 5.15. The number of pyridine rings is 2. The summed E-state index contributed by atoms with van der Waals surface area (Å²) >= 11 is 6.83. The van der Waals surface area contributed by atoms with Crippen molar-refractivity contribution in [1.82, 2.24) is 25.9 Å². The van der Waals surface area contributed by atoms with Gasteiger partial charge in [0.05, 0.1) is 39.0 Å². The molecule has 1 atom stereocenters. The maximum atomic E-state index is 6.83. The Balaban J connectivity index is 1.46. The molecule has 6 rings (SSSR count). The van der Waals surface area contributed by atoms with Crippen LogP contribution in [0.2, 0.25) is 5.02 Å². The Hall–Kier alpha value is -3.99. The van der Waals surface area contributed by atoms with Gasteiger partial charge in [0.25, 0.3) is 0 Å². The van der Waals surface area contributed by atoms with Gasteiger partial charge in [-0.2, -0.15) is 0 Å². The minimum atomic E-state index is -0.219. The quantitative estimate of drug-likeness (QED) is 0.204. The Labute approximate surface area is 234 Å². The third-order valence-corrected chi connectivity index (χ3v) is 7.31. The third kappa shape index (κ3) is 5.18. The highest BCUT2D eigenvalue weighted by molar-refractivity contribution is 6.35. The van der Waals surface area contributed by atoms with Crippen LogP contribution < -0.4 is 21.6 Å². The van der Waals surface area contributed by atoms with Crippen molar-refractivity contribution in [3.63, 3.8) is 0 Å². The molecule has 3 heterocycles. The van der Waals surface area contributed by atoms with Gasteiger partial charge >= 0.3 is 0 Å². The molecule has 0 radical (unpaired) electrons. The Morgan fingerprint density at radius 3 is 2.74 bits per heavy atom. The monoisotopic (exact) mass is 537 g/mol. The molecule has 7 nitrogen and oxygen atoms in total. The first kappa shape index (κ1) is 25.3. The van der Waals surface area contributed by atoms with Gasteiger partial charge in [-0.25, -0.2) is 0 Å². The molecule has 0 unspecified atom stereocenters. The van der Waals surface area contributed by atoms with Crippen LogP contribution in [0.5, 0.6) is 0 Å². The Morgan fingerprint density at radius 1 is 1.15 bits per heavy atom. The van der Waals surface area contributed by atoms with Gasteiger partial charge in [-0.1, -0.05) is 62.6 Å². The molecule has 2 aliphatic rings. The number of nitrogens with one attached hydrogen (secondary N) is 4. The van der Waals surface area contributed by atoms with Crippen molar-refractivity contribution in [3.8, 4) is 12.3 Å². The second-order valence-corrected chi connectivity index (χ2v) is 11.8. The summed E-state index contributed by atoms with van der Waals surface area (Å²) in [5.74, 6) is 2.79. The number of nitrogens with zero attached hydrogens (tertiary/aromatic N) is 3. The van der Waals surface area contributed by atoms with Crippen molar-refractivity contribution in [2.45, 2.75) is 45.7 Å². The molecule has 0 amide bonds. The largest absolute Gasteiger partial charge is 0.383 e. The number of rotatable bonds is 7. The first-order valence-corrected chi connectivity index (χ1v) is 13.6. The fraction of sp³-hybridized carbons (Fsp3) is 0.290. The van der Waals surface area contributed by atoms with E-state index in [1.165, 1.54) is 12.8 Å². The summed E-state index contributed by atoms with van der Waals surface area (Å²) in [5, 5.41) is 12.0. The average Bonchev–Trinajstić information content (AvgIpc) is 3.66. The Morgan fingerprint density at radius 2 is 1.97 bits per heavy atom. The molecule has 39 heavy (non-hydrogen) atoms. The van der Waals surface area contributed by atoms with E-state index >= 15 is 0 Å². The zero-order valence-corrected chi connectivity index (χ0v) is 23.1. The van der Waals surface area contributed by atoms with Crippen molar-refractivity contribution in [1.29, 1.82) is 0 Å². The van der Waals surface area contributed by atoms with Gasteiger partial charge in [0.1, 0.15) is 0 Å². The molecule has 2 aromatic heterocycles. The number of hydrazine groups is 2.